The lowest BCUT2D eigenvalue weighted by Gasteiger charge is -2.41. The molecule has 5 aromatic rings. The fourth-order valence-electron chi connectivity index (χ4n) is 7.04. The van der Waals surface area contributed by atoms with Crippen LogP contribution in [-0.4, -0.2) is 47.2 Å². The number of sulfonamides is 1. The Morgan fingerprint density at radius 3 is 1.91 bits per heavy atom. The first-order valence-electron chi connectivity index (χ1n) is 18.6. The topological polar surface area (TPSA) is 119 Å². The maximum atomic E-state index is 14.8. The zero-order valence-corrected chi connectivity index (χ0v) is 31.7. The van der Waals surface area contributed by atoms with Gasteiger partial charge in [-0.05, 0) is 54.0 Å². The third-order valence-electron chi connectivity index (χ3n) is 10.3. The highest BCUT2D eigenvalue weighted by Crippen LogP contribution is 2.37. The van der Waals surface area contributed by atoms with Crippen molar-refractivity contribution in [2.75, 3.05) is 11.4 Å². The Labute approximate surface area is 331 Å². The van der Waals surface area contributed by atoms with Crippen molar-refractivity contribution in [3.8, 4) is 5.75 Å². The minimum absolute atomic E-state index is 0.000487. The summed E-state index contributed by atoms with van der Waals surface area (Å²) in [5.74, 6) is -13.7. The molecule has 1 aliphatic carbocycles. The molecule has 1 atom stereocenters. The lowest BCUT2D eigenvalue weighted by atomic mass is 9.85. The van der Waals surface area contributed by atoms with Crippen LogP contribution in [0.2, 0.25) is 0 Å². The average Bonchev–Trinajstić information content (AvgIpc) is 3.23. The number of hydrogen-bond acceptors (Lipinski definition) is 8. The zero-order valence-electron chi connectivity index (χ0n) is 30.9. The van der Waals surface area contributed by atoms with Gasteiger partial charge in [0.1, 0.15) is 36.4 Å². The summed E-state index contributed by atoms with van der Waals surface area (Å²) in [6.45, 7) is -0.851. The fraction of sp³-hybridized carbons (Fsp3) is 0.286. The van der Waals surface area contributed by atoms with Gasteiger partial charge in [-0.1, -0.05) is 79.9 Å². The molecule has 0 spiro atoms. The Bertz CT molecular complexity index is 2370. The molecule has 7 rings (SSSR count). The van der Waals surface area contributed by atoms with Gasteiger partial charge in [-0.3, -0.25) is 4.79 Å². The number of nitrogens with zero attached hydrogens (tertiary/aromatic N) is 4. The standard InChI is InChI=1S/C42H37F5N4O6S/c43-35-36(44)38(46)40(39(47)37(35)45)58(54,55)51-19-18-32(51)41(52)50(23-34-48-21-29(22-49-34)28-14-8-3-9-15-28)30-16-17-31(42(53)57-25-27-12-6-2-7-13-27)33(20-30)56-24-26-10-4-1-5-11-26/h1-2,4-7,10-13,16-17,20-22,28,32H,3,8-9,14-15,18-19,23-25H2/t32-/m1/s1. The number of aromatic nitrogens is 2. The Hall–Kier alpha value is -5.74. The summed E-state index contributed by atoms with van der Waals surface area (Å²) in [5, 5.41) is 0. The van der Waals surface area contributed by atoms with Gasteiger partial charge in [-0.15, -0.1) is 0 Å². The van der Waals surface area contributed by atoms with E-state index >= 15 is 0 Å². The third-order valence-corrected chi connectivity index (χ3v) is 12.2. The molecule has 1 saturated heterocycles. The van der Waals surface area contributed by atoms with Gasteiger partial charge in [-0.25, -0.2) is 45.1 Å². The third kappa shape index (κ3) is 8.43. The number of ether oxygens (including phenoxy) is 2. The van der Waals surface area contributed by atoms with Crippen LogP contribution in [0, 0.1) is 29.1 Å². The highest BCUT2D eigenvalue weighted by atomic mass is 32.2. The van der Waals surface area contributed by atoms with Crippen LogP contribution in [0.3, 0.4) is 0 Å². The first-order chi connectivity index (χ1) is 27.9. The van der Waals surface area contributed by atoms with Crippen molar-refractivity contribution in [1.82, 2.24) is 14.3 Å². The number of hydrogen-bond donors (Lipinski definition) is 0. The average molecular weight is 821 g/mol. The van der Waals surface area contributed by atoms with Crippen molar-refractivity contribution in [2.45, 2.75) is 75.1 Å². The molecule has 2 aliphatic rings. The second kappa shape index (κ2) is 17.4. The Morgan fingerprint density at radius 1 is 0.741 bits per heavy atom. The molecule has 0 bridgehead atoms. The summed E-state index contributed by atoms with van der Waals surface area (Å²) in [7, 11) is -5.45. The van der Waals surface area contributed by atoms with Crippen LogP contribution in [0.5, 0.6) is 5.75 Å². The summed E-state index contributed by atoms with van der Waals surface area (Å²) in [4.78, 5) is 36.0. The molecule has 1 aliphatic heterocycles. The van der Waals surface area contributed by atoms with Crippen LogP contribution in [-0.2, 0) is 39.3 Å². The summed E-state index contributed by atoms with van der Waals surface area (Å²) in [6, 6.07) is 20.5. The lowest BCUT2D eigenvalue weighted by molar-refractivity contribution is -0.125. The number of amides is 1. The van der Waals surface area contributed by atoms with E-state index in [1.54, 1.807) is 60.9 Å². The molecule has 58 heavy (non-hydrogen) atoms. The number of anilines is 1. The van der Waals surface area contributed by atoms with Crippen LogP contribution in [0.4, 0.5) is 27.6 Å². The van der Waals surface area contributed by atoms with Gasteiger partial charge in [0.25, 0.3) is 0 Å². The van der Waals surface area contributed by atoms with Gasteiger partial charge >= 0.3 is 5.97 Å². The summed E-state index contributed by atoms with van der Waals surface area (Å²) >= 11 is 0. The van der Waals surface area contributed by atoms with E-state index in [0.29, 0.717) is 4.31 Å². The van der Waals surface area contributed by atoms with Crippen molar-refractivity contribution in [1.29, 1.82) is 0 Å². The van der Waals surface area contributed by atoms with Crippen LogP contribution >= 0.6 is 0 Å². The van der Waals surface area contributed by atoms with E-state index < -0.39 is 68.5 Å². The highest BCUT2D eigenvalue weighted by molar-refractivity contribution is 7.89. The first-order valence-corrected chi connectivity index (χ1v) is 20.0. The normalized spacial score (nSPS) is 16.1. The summed E-state index contributed by atoms with van der Waals surface area (Å²) in [5.41, 5.74) is 2.51. The van der Waals surface area contributed by atoms with Crippen LogP contribution in [0.25, 0.3) is 0 Å². The van der Waals surface area contributed by atoms with Gasteiger partial charge in [0, 0.05) is 30.7 Å². The Kier molecular flexibility index (Phi) is 12.1. The van der Waals surface area contributed by atoms with E-state index in [1.807, 2.05) is 12.1 Å². The molecule has 1 amide bonds. The molecular weight excluding hydrogens is 784 g/mol. The van der Waals surface area contributed by atoms with Crippen LogP contribution in [0.1, 0.15) is 77.3 Å². The number of rotatable bonds is 13. The Morgan fingerprint density at radius 2 is 1.33 bits per heavy atom. The second-order valence-corrected chi connectivity index (χ2v) is 15.9. The molecule has 4 aromatic carbocycles. The first kappa shape index (κ1) is 40.5. The monoisotopic (exact) mass is 820 g/mol. The smallest absolute Gasteiger partial charge is 0.342 e. The molecule has 1 saturated carbocycles. The van der Waals surface area contributed by atoms with E-state index in [9.17, 15) is 40.0 Å². The predicted molar refractivity (Wildman–Crippen MR) is 200 cm³/mol. The Balaban J connectivity index is 1.24. The molecule has 16 heteroatoms. The lowest BCUT2D eigenvalue weighted by Crippen LogP contribution is -2.59. The molecular formula is C42H37F5N4O6S. The minimum Gasteiger partial charge on any atom is -0.488 e. The van der Waals surface area contributed by atoms with E-state index in [-0.39, 0.29) is 54.9 Å². The number of esters is 1. The van der Waals surface area contributed by atoms with Gasteiger partial charge in [0.2, 0.25) is 21.7 Å². The zero-order chi connectivity index (χ0) is 41.0. The number of benzene rings is 4. The van der Waals surface area contributed by atoms with Gasteiger partial charge in [-0.2, -0.15) is 4.31 Å². The molecule has 2 fully saturated rings. The SMILES string of the molecule is O=C(OCc1ccccc1)c1ccc(N(Cc2ncc(C3CCCCC3)cn2)C(=O)[C@H]2CCN2S(=O)(=O)c2c(F)c(F)c(F)c(F)c2F)cc1OCc1ccccc1. The van der Waals surface area contributed by atoms with E-state index in [0.717, 1.165) is 53.7 Å². The molecule has 10 nitrogen and oxygen atoms in total. The van der Waals surface area contributed by atoms with Crippen LogP contribution in [0.15, 0.2) is 96.2 Å². The van der Waals surface area contributed by atoms with Crippen molar-refractivity contribution in [3.05, 3.63) is 148 Å². The summed E-state index contributed by atoms with van der Waals surface area (Å²) < 4.78 is 111. The second-order valence-electron chi connectivity index (χ2n) is 14.0. The van der Waals surface area contributed by atoms with E-state index in [2.05, 4.69) is 9.97 Å². The quantitative estimate of drug-likeness (QED) is 0.0506. The van der Waals surface area contributed by atoms with Crippen molar-refractivity contribution < 1.29 is 49.4 Å². The summed E-state index contributed by atoms with van der Waals surface area (Å²) in [6.07, 6.45) is 8.44. The molecule has 2 heterocycles. The number of carbonyl (C=O) groups is 2. The maximum absolute atomic E-state index is 14.8. The molecule has 302 valence electrons. The van der Waals surface area contributed by atoms with Gasteiger partial charge in [0.15, 0.2) is 28.2 Å². The van der Waals surface area contributed by atoms with Crippen molar-refractivity contribution in [3.63, 3.8) is 0 Å². The van der Waals surface area contributed by atoms with E-state index in [1.165, 1.54) is 18.2 Å². The minimum atomic E-state index is -5.45. The molecule has 0 radical (unpaired) electrons. The van der Waals surface area contributed by atoms with E-state index in [4.69, 9.17) is 9.47 Å². The van der Waals surface area contributed by atoms with Gasteiger partial charge in [0.05, 0.1) is 6.54 Å². The largest absolute Gasteiger partial charge is 0.488 e. The molecule has 0 unspecified atom stereocenters. The number of carbonyl (C=O) groups excluding carboxylic acids is 2. The van der Waals surface area contributed by atoms with Crippen LogP contribution < -0.4 is 9.64 Å². The van der Waals surface area contributed by atoms with Crippen molar-refractivity contribution >= 4 is 27.6 Å². The van der Waals surface area contributed by atoms with Crippen molar-refractivity contribution in [2.24, 2.45) is 0 Å². The molecule has 1 aromatic heterocycles. The fourth-order valence-corrected chi connectivity index (χ4v) is 8.78. The number of halogens is 5. The maximum Gasteiger partial charge on any atom is 0.342 e. The highest BCUT2D eigenvalue weighted by Gasteiger charge is 2.48. The van der Waals surface area contributed by atoms with Gasteiger partial charge < -0.3 is 14.4 Å². The molecule has 0 N–H and O–H groups in total. The predicted octanol–water partition coefficient (Wildman–Crippen LogP) is 8.15.